The van der Waals surface area contributed by atoms with Gasteiger partial charge in [0.2, 0.25) is 5.91 Å². The largest absolute Gasteiger partial charge is 0.467 e. The van der Waals surface area contributed by atoms with Gasteiger partial charge in [0, 0.05) is 6.54 Å². The number of piperidine rings is 1. The monoisotopic (exact) mass is 388 g/mol. The molecule has 2 amide bonds. The highest BCUT2D eigenvalue weighted by Gasteiger charge is 2.57. The normalized spacial score (nSPS) is 25.5. The minimum absolute atomic E-state index is 0.130. The second-order valence-corrected chi connectivity index (χ2v) is 8.43. The van der Waals surface area contributed by atoms with Gasteiger partial charge in [0.15, 0.2) is 0 Å². The fraction of sp³-hybridized carbons (Fsp3) is 0.571. The number of benzene rings is 1. The highest BCUT2D eigenvalue weighted by molar-refractivity contribution is 5.92. The molecule has 0 N–H and O–H groups in total. The average molecular weight is 388 g/mol. The van der Waals surface area contributed by atoms with E-state index in [2.05, 4.69) is 0 Å². The maximum atomic E-state index is 13.2. The van der Waals surface area contributed by atoms with Crippen molar-refractivity contribution in [2.24, 2.45) is 5.92 Å². The van der Waals surface area contributed by atoms with Gasteiger partial charge in [-0.2, -0.15) is 0 Å². The van der Waals surface area contributed by atoms with E-state index >= 15 is 0 Å². The first kappa shape index (κ1) is 20.2. The summed E-state index contributed by atoms with van der Waals surface area (Å²) in [6, 6.07) is 8.33. The van der Waals surface area contributed by atoms with Crippen molar-refractivity contribution in [3.8, 4) is 0 Å². The third kappa shape index (κ3) is 3.70. The lowest BCUT2D eigenvalue weighted by molar-refractivity contribution is -0.151. The van der Waals surface area contributed by atoms with E-state index in [9.17, 15) is 14.4 Å². The molecule has 2 saturated heterocycles. The van der Waals surface area contributed by atoms with Crippen LogP contribution in [0, 0.1) is 5.92 Å². The van der Waals surface area contributed by atoms with Gasteiger partial charge in [-0.05, 0) is 39.7 Å². The van der Waals surface area contributed by atoms with Crippen molar-refractivity contribution in [2.75, 3.05) is 13.7 Å². The van der Waals surface area contributed by atoms with Crippen molar-refractivity contribution in [2.45, 2.75) is 57.8 Å². The molecular formula is C21H28N2O5. The molecule has 0 unspecified atom stereocenters. The number of hydrogen-bond donors (Lipinski definition) is 0. The van der Waals surface area contributed by atoms with Crippen LogP contribution in [0.25, 0.3) is 0 Å². The lowest BCUT2D eigenvalue weighted by atomic mass is 9.92. The van der Waals surface area contributed by atoms with Crippen LogP contribution in [0.5, 0.6) is 0 Å². The number of hydrogen-bond acceptors (Lipinski definition) is 5. The minimum atomic E-state index is -0.953. The summed E-state index contributed by atoms with van der Waals surface area (Å²) < 4.78 is 10.4. The molecule has 0 spiro atoms. The SMILES string of the molecule is COC(=O)[C@H]1[C@H]2C[C@H](CN([C@H](C)c3ccccc3)C2=O)N1C(=O)OC(C)(C)C. The van der Waals surface area contributed by atoms with Gasteiger partial charge in [-0.1, -0.05) is 30.3 Å². The Hall–Kier alpha value is -2.57. The molecule has 2 fully saturated rings. The van der Waals surface area contributed by atoms with Gasteiger partial charge < -0.3 is 14.4 Å². The molecule has 2 aliphatic heterocycles. The number of carbonyl (C=O) groups excluding carboxylic acids is 3. The molecule has 1 aromatic carbocycles. The number of fused-ring (bicyclic) bond motifs is 2. The van der Waals surface area contributed by atoms with Crippen LogP contribution in [-0.4, -0.2) is 59.1 Å². The van der Waals surface area contributed by atoms with Gasteiger partial charge in [-0.3, -0.25) is 9.69 Å². The first-order chi connectivity index (χ1) is 13.1. The smallest absolute Gasteiger partial charge is 0.411 e. The lowest BCUT2D eigenvalue weighted by Crippen LogP contribution is -2.49. The Morgan fingerprint density at radius 3 is 2.39 bits per heavy atom. The highest BCUT2D eigenvalue weighted by atomic mass is 16.6. The summed E-state index contributed by atoms with van der Waals surface area (Å²) in [7, 11) is 1.27. The van der Waals surface area contributed by atoms with E-state index in [0.29, 0.717) is 13.0 Å². The molecule has 0 radical (unpaired) electrons. The van der Waals surface area contributed by atoms with Crippen LogP contribution < -0.4 is 0 Å². The van der Waals surface area contributed by atoms with E-state index in [1.807, 2.05) is 37.3 Å². The van der Waals surface area contributed by atoms with Crippen LogP contribution in [0.2, 0.25) is 0 Å². The summed E-state index contributed by atoms with van der Waals surface area (Å²) in [5.41, 5.74) is 0.311. The molecule has 2 bridgehead atoms. The maximum Gasteiger partial charge on any atom is 0.411 e. The van der Waals surface area contributed by atoms with E-state index in [1.165, 1.54) is 12.0 Å². The molecular weight excluding hydrogens is 360 g/mol. The number of likely N-dealkylation sites (tertiary alicyclic amines) is 2. The summed E-state index contributed by atoms with van der Waals surface area (Å²) in [4.78, 5) is 41.7. The molecule has 152 valence electrons. The van der Waals surface area contributed by atoms with Crippen LogP contribution in [0.1, 0.15) is 45.7 Å². The number of amides is 2. The van der Waals surface area contributed by atoms with Crippen LogP contribution in [0.3, 0.4) is 0 Å². The second-order valence-electron chi connectivity index (χ2n) is 8.43. The van der Waals surface area contributed by atoms with Crippen LogP contribution in [0.15, 0.2) is 30.3 Å². The summed E-state index contributed by atoms with van der Waals surface area (Å²) in [5, 5.41) is 0. The van der Waals surface area contributed by atoms with Crippen molar-refractivity contribution >= 4 is 18.0 Å². The van der Waals surface area contributed by atoms with E-state index in [1.54, 1.807) is 25.7 Å². The number of methoxy groups -OCH3 is 1. The summed E-state index contributed by atoms with van der Waals surface area (Å²) >= 11 is 0. The van der Waals surface area contributed by atoms with Gasteiger partial charge in [-0.15, -0.1) is 0 Å². The van der Waals surface area contributed by atoms with E-state index < -0.39 is 29.6 Å². The predicted molar refractivity (Wildman–Crippen MR) is 102 cm³/mol. The Balaban J connectivity index is 1.91. The second kappa shape index (κ2) is 7.45. The van der Waals surface area contributed by atoms with Gasteiger partial charge in [0.05, 0.1) is 25.1 Å². The van der Waals surface area contributed by atoms with Crippen molar-refractivity contribution in [1.29, 1.82) is 0 Å². The Labute approximate surface area is 165 Å². The third-order valence-electron chi connectivity index (χ3n) is 5.40. The van der Waals surface area contributed by atoms with Crippen molar-refractivity contribution in [3.05, 3.63) is 35.9 Å². The van der Waals surface area contributed by atoms with E-state index in [0.717, 1.165) is 5.56 Å². The van der Waals surface area contributed by atoms with Crippen molar-refractivity contribution in [1.82, 2.24) is 9.80 Å². The van der Waals surface area contributed by atoms with Gasteiger partial charge in [-0.25, -0.2) is 9.59 Å². The molecule has 28 heavy (non-hydrogen) atoms. The fourth-order valence-corrected chi connectivity index (χ4v) is 4.12. The molecule has 0 aliphatic carbocycles. The Morgan fingerprint density at radius 2 is 1.82 bits per heavy atom. The number of esters is 1. The Morgan fingerprint density at radius 1 is 1.18 bits per heavy atom. The maximum absolute atomic E-state index is 13.2. The molecule has 2 heterocycles. The molecule has 2 aliphatic rings. The zero-order chi connectivity index (χ0) is 20.6. The van der Waals surface area contributed by atoms with Crippen molar-refractivity contribution in [3.63, 3.8) is 0 Å². The molecule has 0 saturated carbocycles. The zero-order valence-electron chi connectivity index (χ0n) is 17.0. The van der Waals surface area contributed by atoms with Gasteiger partial charge >= 0.3 is 12.1 Å². The molecule has 7 heteroatoms. The Kier molecular flexibility index (Phi) is 5.37. The minimum Gasteiger partial charge on any atom is -0.467 e. The number of ether oxygens (including phenoxy) is 2. The summed E-state index contributed by atoms with van der Waals surface area (Å²) in [5.74, 6) is -1.33. The lowest BCUT2D eigenvalue weighted by Gasteiger charge is -2.37. The topological polar surface area (TPSA) is 76.2 Å². The zero-order valence-corrected chi connectivity index (χ0v) is 17.0. The van der Waals surface area contributed by atoms with Gasteiger partial charge in [0.25, 0.3) is 0 Å². The first-order valence-corrected chi connectivity index (χ1v) is 9.58. The molecule has 7 nitrogen and oxygen atoms in total. The van der Waals surface area contributed by atoms with E-state index in [-0.39, 0.29) is 18.0 Å². The first-order valence-electron chi connectivity index (χ1n) is 9.58. The van der Waals surface area contributed by atoms with Gasteiger partial charge in [0.1, 0.15) is 11.6 Å². The number of carbonyl (C=O) groups is 3. The highest BCUT2D eigenvalue weighted by Crippen LogP contribution is 2.40. The third-order valence-corrected chi connectivity index (χ3v) is 5.40. The van der Waals surface area contributed by atoms with E-state index in [4.69, 9.17) is 9.47 Å². The quantitative estimate of drug-likeness (QED) is 0.744. The summed E-state index contributed by atoms with van der Waals surface area (Å²) in [6.07, 6.45) is -0.145. The molecule has 4 atom stereocenters. The van der Waals surface area contributed by atoms with Crippen molar-refractivity contribution < 1.29 is 23.9 Å². The fourth-order valence-electron chi connectivity index (χ4n) is 4.12. The molecule has 3 rings (SSSR count). The predicted octanol–water partition coefficient (Wildman–Crippen LogP) is 2.76. The average Bonchev–Trinajstić information content (AvgIpc) is 2.97. The summed E-state index contributed by atoms with van der Waals surface area (Å²) in [6.45, 7) is 7.64. The standard InChI is InChI=1S/C21H28N2O5/c1-13(14-9-7-6-8-10-14)22-12-15-11-16(18(22)24)17(19(25)27-5)23(15)20(26)28-21(2,3)4/h6-10,13,15-17H,11-12H2,1-5H3/t13-,15-,16-,17-/m1/s1. The van der Waals surface area contributed by atoms with Crippen LogP contribution in [0.4, 0.5) is 4.79 Å². The Bertz CT molecular complexity index is 758. The molecule has 0 aromatic heterocycles. The van der Waals surface area contributed by atoms with Crippen LogP contribution >= 0.6 is 0 Å². The molecule has 1 aromatic rings. The number of nitrogens with zero attached hydrogens (tertiary/aromatic N) is 2. The number of rotatable bonds is 3. The van der Waals surface area contributed by atoms with Crippen LogP contribution in [-0.2, 0) is 19.1 Å².